The van der Waals surface area contributed by atoms with Crippen LogP contribution in [0.3, 0.4) is 0 Å². The topological polar surface area (TPSA) is 127 Å². The number of thioether (sulfide) groups is 1. The first-order valence-corrected chi connectivity index (χ1v) is 7.81. The molecule has 122 valence electrons. The number of hydrogen-bond donors (Lipinski definition) is 3. The van der Waals surface area contributed by atoms with Gasteiger partial charge in [0, 0.05) is 11.3 Å². The molecule has 1 atom stereocenters. The zero-order valence-electron chi connectivity index (χ0n) is 12.4. The summed E-state index contributed by atoms with van der Waals surface area (Å²) in [6.07, 6.45) is -0.977. The van der Waals surface area contributed by atoms with Gasteiger partial charge in [0.25, 0.3) is 0 Å². The molecule has 8 heteroatoms. The van der Waals surface area contributed by atoms with E-state index in [9.17, 15) is 20.0 Å². The maximum atomic E-state index is 13.2. The molecule has 0 spiro atoms. The van der Waals surface area contributed by atoms with Crippen LogP contribution in [-0.4, -0.2) is 33.7 Å². The number of nitrogens with two attached hydrogens (primary N) is 1. The van der Waals surface area contributed by atoms with Crippen molar-refractivity contribution in [2.45, 2.75) is 11.1 Å². The molecule has 1 aromatic heterocycles. The zero-order valence-corrected chi connectivity index (χ0v) is 13.2. The second-order valence-electron chi connectivity index (χ2n) is 4.81. The molecule has 0 radical (unpaired) electrons. The van der Waals surface area contributed by atoms with Crippen molar-refractivity contribution in [3.8, 4) is 23.3 Å². The quantitative estimate of drug-likeness (QED) is 0.704. The molecule has 0 aliphatic carbocycles. The lowest BCUT2D eigenvalue weighted by atomic mass is 9.97. The Morgan fingerprint density at radius 1 is 1.21 bits per heavy atom. The number of benzene rings is 1. The lowest BCUT2D eigenvalue weighted by Crippen LogP contribution is -2.15. The molecule has 0 amide bonds. The maximum absolute atomic E-state index is 13.2. The van der Waals surface area contributed by atoms with Gasteiger partial charge in [0.05, 0.1) is 18.3 Å². The van der Waals surface area contributed by atoms with E-state index in [2.05, 4.69) is 4.98 Å². The second kappa shape index (κ2) is 7.75. The minimum absolute atomic E-state index is 0.0326. The van der Waals surface area contributed by atoms with Gasteiger partial charge < -0.3 is 15.9 Å². The van der Waals surface area contributed by atoms with Gasteiger partial charge in [-0.05, 0) is 17.7 Å². The summed E-state index contributed by atoms with van der Waals surface area (Å²) in [5, 5.41) is 37.4. The van der Waals surface area contributed by atoms with Gasteiger partial charge in [-0.1, -0.05) is 12.1 Å². The van der Waals surface area contributed by atoms with Crippen molar-refractivity contribution >= 4 is 17.6 Å². The number of nitrogens with zero attached hydrogens (tertiary/aromatic N) is 3. The van der Waals surface area contributed by atoms with Crippen LogP contribution >= 0.6 is 11.8 Å². The summed E-state index contributed by atoms with van der Waals surface area (Å²) in [6.45, 7) is -0.425. The van der Waals surface area contributed by atoms with Gasteiger partial charge in [0.1, 0.15) is 34.4 Å². The van der Waals surface area contributed by atoms with E-state index < -0.39 is 18.5 Å². The number of pyridine rings is 1. The molecule has 1 aromatic carbocycles. The summed E-state index contributed by atoms with van der Waals surface area (Å²) in [6, 6.07) is 9.25. The number of halogens is 1. The number of hydrogen-bond acceptors (Lipinski definition) is 7. The van der Waals surface area contributed by atoms with E-state index in [1.165, 1.54) is 24.3 Å². The molecule has 24 heavy (non-hydrogen) atoms. The van der Waals surface area contributed by atoms with Gasteiger partial charge in [-0.25, -0.2) is 9.37 Å². The molecule has 0 aliphatic heterocycles. The standard InChI is InChI=1S/C16H13FN4O2S/c17-10-3-1-9(2-4-10)14-12(5-18)15(20)21-16(13(14)6-19)24-8-11(23)7-22/h1-4,11,22-23H,7-8H2,(H2,20,21). The largest absolute Gasteiger partial charge is 0.394 e. The Morgan fingerprint density at radius 2 is 1.83 bits per heavy atom. The molecular weight excluding hydrogens is 331 g/mol. The van der Waals surface area contributed by atoms with E-state index in [0.29, 0.717) is 5.56 Å². The van der Waals surface area contributed by atoms with Crippen molar-refractivity contribution in [1.29, 1.82) is 10.5 Å². The predicted molar refractivity (Wildman–Crippen MR) is 87.3 cm³/mol. The van der Waals surface area contributed by atoms with E-state index in [1.54, 1.807) is 0 Å². The smallest absolute Gasteiger partial charge is 0.143 e. The number of nitrogen functional groups attached to an aromatic ring is 1. The van der Waals surface area contributed by atoms with Crippen LogP contribution < -0.4 is 5.73 Å². The van der Waals surface area contributed by atoms with E-state index in [-0.39, 0.29) is 33.3 Å². The molecule has 0 saturated carbocycles. The molecule has 0 saturated heterocycles. The van der Waals surface area contributed by atoms with E-state index >= 15 is 0 Å². The normalized spacial score (nSPS) is 11.5. The van der Waals surface area contributed by atoms with Crippen LogP contribution in [0.2, 0.25) is 0 Å². The van der Waals surface area contributed by atoms with Gasteiger partial charge >= 0.3 is 0 Å². The second-order valence-corrected chi connectivity index (χ2v) is 5.81. The van der Waals surface area contributed by atoms with Gasteiger partial charge in [-0.15, -0.1) is 11.8 Å². The van der Waals surface area contributed by atoms with Crippen LogP contribution in [0, 0.1) is 28.5 Å². The fraction of sp³-hybridized carbons (Fsp3) is 0.188. The fourth-order valence-corrected chi connectivity index (χ4v) is 2.95. The van der Waals surface area contributed by atoms with Crippen LogP contribution in [0.4, 0.5) is 10.2 Å². The van der Waals surface area contributed by atoms with E-state index in [1.807, 2.05) is 12.1 Å². The number of nitriles is 2. The van der Waals surface area contributed by atoms with E-state index in [4.69, 9.17) is 10.8 Å². The molecule has 1 unspecified atom stereocenters. The first kappa shape index (κ1) is 17.7. The number of aromatic nitrogens is 1. The van der Waals surface area contributed by atoms with Crippen molar-refractivity contribution in [3.63, 3.8) is 0 Å². The van der Waals surface area contributed by atoms with Crippen molar-refractivity contribution in [2.75, 3.05) is 18.1 Å². The van der Waals surface area contributed by atoms with Crippen molar-refractivity contribution in [3.05, 3.63) is 41.2 Å². The molecular formula is C16H13FN4O2S. The minimum atomic E-state index is -0.977. The van der Waals surface area contributed by atoms with Gasteiger partial charge in [0.2, 0.25) is 0 Å². The monoisotopic (exact) mass is 344 g/mol. The molecule has 0 aliphatic rings. The summed E-state index contributed by atoms with van der Waals surface area (Å²) in [4.78, 5) is 4.05. The summed E-state index contributed by atoms with van der Waals surface area (Å²) < 4.78 is 13.2. The highest BCUT2D eigenvalue weighted by molar-refractivity contribution is 7.99. The highest BCUT2D eigenvalue weighted by Gasteiger charge is 2.21. The van der Waals surface area contributed by atoms with Crippen molar-refractivity contribution < 1.29 is 14.6 Å². The Bertz CT molecular complexity index is 828. The Labute approximate surface area is 142 Å². The highest BCUT2D eigenvalue weighted by atomic mass is 32.2. The SMILES string of the molecule is N#Cc1c(N)nc(SCC(O)CO)c(C#N)c1-c1ccc(F)cc1. The lowest BCUT2D eigenvalue weighted by molar-refractivity contribution is 0.113. The molecule has 0 bridgehead atoms. The lowest BCUT2D eigenvalue weighted by Gasteiger charge is -2.13. The van der Waals surface area contributed by atoms with Crippen molar-refractivity contribution in [1.82, 2.24) is 4.98 Å². The number of anilines is 1. The molecule has 4 N–H and O–H groups in total. The molecule has 2 aromatic rings. The average molecular weight is 344 g/mol. The van der Waals surface area contributed by atoms with Crippen LogP contribution in [0.25, 0.3) is 11.1 Å². The Hall–Kier alpha value is -2.65. The summed E-state index contributed by atoms with van der Waals surface area (Å²) >= 11 is 1.04. The fourth-order valence-electron chi connectivity index (χ4n) is 2.04. The van der Waals surface area contributed by atoms with Crippen LogP contribution in [0.5, 0.6) is 0 Å². The predicted octanol–water partition coefficient (Wildman–Crippen LogP) is 1.66. The summed E-state index contributed by atoms with van der Waals surface area (Å²) in [5.74, 6) is -0.401. The Kier molecular flexibility index (Phi) is 5.72. The molecule has 1 heterocycles. The van der Waals surface area contributed by atoms with Crippen LogP contribution in [-0.2, 0) is 0 Å². The van der Waals surface area contributed by atoms with Crippen LogP contribution in [0.15, 0.2) is 29.3 Å². The summed E-state index contributed by atoms with van der Waals surface area (Å²) in [7, 11) is 0. The number of aliphatic hydroxyl groups is 2. The zero-order chi connectivity index (χ0) is 17.7. The minimum Gasteiger partial charge on any atom is -0.394 e. The van der Waals surface area contributed by atoms with Gasteiger partial charge in [0.15, 0.2) is 0 Å². The summed E-state index contributed by atoms with van der Waals surface area (Å²) in [5.41, 5.74) is 6.70. The first-order valence-electron chi connectivity index (χ1n) is 6.83. The van der Waals surface area contributed by atoms with Gasteiger partial charge in [-0.3, -0.25) is 0 Å². The first-order chi connectivity index (χ1) is 11.5. The molecule has 6 nitrogen and oxygen atoms in total. The highest BCUT2D eigenvalue weighted by Crippen LogP contribution is 2.35. The maximum Gasteiger partial charge on any atom is 0.143 e. The third-order valence-electron chi connectivity index (χ3n) is 3.17. The molecule has 2 rings (SSSR count). The third-order valence-corrected chi connectivity index (χ3v) is 4.29. The number of aliphatic hydroxyl groups excluding tert-OH is 2. The Morgan fingerprint density at radius 3 is 2.38 bits per heavy atom. The Balaban J connectivity index is 2.63. The average Bonchev–Trinajstić information content (AvgIpc) is 2.59. The van der Waals surface area contributed by atoms with Gasteiger partial charge in [-0.2, -0.15) is 10.5 Å². The van der Waals surface area contributed by atoms with Crippen LogP contribution in [0.1, 0.15) is 11.1 Å². The molecule has 0 fully saturated rings. The van der Waals surface area contributed by atoms with E-state index in [0.717, 1.165) is 11.8 Å². The van der Waals surface area contributed by atoms with Crippen molar-refractivity contribution in [2.24, 2.45) is 0 Å². The third kappa shape index (κ3) is 3.63. The number of rotatable bonds is 5.